The van der Waals surface area contributed by atoms with E-state index in [0.717, 1.165) is 5.15 Å². The second kappa shape index (κ2) is 2.98. The first kappa shape index (κ1) is 9.39. The molecule has 0 aliphatic heterocycles. The SMILES string of the molecule is CC(C)(C)n1c(Cl)ccc1I. The molecule has 0 fully saturated rings. The topological polar surface area (TPSA) is 4.93 Å². The fourth-order valence-corrected chi connectivity index (χ4v) is 2.74. The van der Waals surface area contributed by atoms with Crippen molar-refractivity contribution >= 4 is 34.2 Å². The molecule has 1 nitrogen and oxygen atoms in total. The monoisotopic (exact) mass is 283 g/mol. The lowest BCUT2D eigenvalue weighted by Crippen LogP contribution is -2.22. The normalized spacial score (nSPS) is 12.1. The summed E-state index contributed by atoms with van der Waals surface area (Å²) in [6, 6.07) is 3.95. The molecule has 3 heteroatoms. The van der Waals surface area contributed by atoms with Crippen molar-refractivity contribution in [1.82, 2.24) is 4.57 Å². The van der Waals surface area contributed by atoms with Crippen LogP contribution in [0.3, 0.4) is 0 Å². The summed E-state index contributed by atoms with van der Waals surface area (Å²) in [4.78, 5) is 0. The zero-order chi connectivity index (χ0) is 8.65. The van der Waals surface area contributed by atoms with E-state index in [1.54, 1.807) is 0 Å². The van der Waals surface area contributed by atoms with Crippen LogP contribution in [0.4, 0.5) is 0 Å². The van der Waals surface area contributed by atoms with Crippen LogP contribution in [0.5, 0.6) is 0 Å². The Bertz CT molecular complexity index is 240. The minimum Gasteiger partial charge on any atom is -0.322 e. The molecule has 0 unspecified atom stereocenters. The van der Waals surface area contributed by atoms with Gasteiger partial charge in [0.05, 0.1) is 3.70 Å². The van der Waals surface area contributed by atoms with E-state index in [1.807, 2.05) is 12.1 Å². The molecule has 0 radical (unpaired) electrons. The largest absolute Gasteiger partial charge is 0.322 e. The second-order valence-electron chi connectivity index (χ2n) is 3.49. The van der Waals surface area contributed by atoms with Gasteiger partial charge in [-0.05, 0) is 55.5 Å². The van der Waals surface area contributed by atoms with Gasteiger partial charge in [-0.25, -0.2) is 0 Å². The lowest BCUT2D eigenvalue weighted by molar-refractivity contribution is 0.391. The van der Waals surface area contributed by atoms with E-state index in [2.05, 4.69) is 47.9 Å². The maximum Gasteiger partial charge on any atom is 0.110 e. The third-order valence-electron chi connectivity index (χ3n) is 1.46. The summed E-state index contributed by atoms with van der Waals surface area (Å²) in [7, 11) is 0. The van der Waals surface area contributed by atoms with Crippen molar-refractivity contribution in [2.45, 2.75) is 26.3 Å². The molecular formula is C8H11ClIN. The molecule has 0 aliphatic carbocycles. The predicted octanol–water partition coefficient (Wildman–Crippen LogP) is 3.50. The molecule has 11 heavy (non-hydrogen) atoms. The van der Waals surface area contributed by atoms with Gasteiger partial charge >= 0.3 is 0 Å². The molecule has 62 valence electrons. The summed E-state index contributed by atoms with van der Waals surface area (Å²) in [5, 5.41) is 0.807. The summed E-state index contributed by atoms with van der Waals surface area (Å²) in [6.07, 6.45) is 0. The van der Waals surface area contributed by atoms with Gasteiger partial charge < -0.3 is 4.57 Å². The standard InChI is InChI=1S/C8H11ClIN/c1-8(2,3)11-6(9)4-5-7(11)10/h4-5H,1-3H3. The Labute approximate surface area is 85.9 Å². The minimum atomic E-state index is 0.0805. The molecule has 0 saturated carbocycles. The summed E-state index contributed by atoms with van der Waals surface area (Å²) < 4.78 is 3.29. The first-order chi connectivity index (χ1) is 4.93. The van der Waals surface area contributed by atoms with Crippen LogP contribution in [-0.2, 0) is 5.54 Å². The molecule has 1 aromatic rings. The van der Waals surface area contributed by atoms with Gasteiger partial charge in [0.2, 0.25) is 0 Å². The summed E-state index contributed by atoms with van der Waals surface area (Å²) in [5.74, 6) is 0. The van der Waals surface area contributed by atoms with Crippen LogP contribution < -0.4 is 0 Å². The minimum absolute atomic E-state index is 0.0805. The lowest BCUT2D eigenvalue weighted by atomic mass is 10.1. The summed E-state index contributed by atoms with van der Waals surface area (Å²) >= 11 is 8.27. The molecule has 0 N–H and O–H groups in total. The molecule has 0 amide bonds. The van der Waals surface area contributed by atoms with E-state index < -0.39 is 0 Å². The number of nitrogens with zero attached hydrogens (tertiary/aromatic N) is 1. The lowest BCUT2D eigenvalue weighted by Gasteiger charge is -2.23. The van der Waals surface area contributed by atoms with E-state index in [-0.39, 0.29) is 5.54 Å². The molecule has 1 rings (SSSR count). The summed E-state index contributed by atoms with van der Waals surface area (Å²) in [6.45, 7) is 6.42. The average Bonchev–Trinajstić information content (AvgIpc) is 2.08. The Balaban J connectivity index is 3.21. The van der Waals surface area contributed by atoms with Crippen molar-refractivity contribution in [1.29, 1.82) is 0 Å². The number of hydrogen-bond donors (Lipinski definition) is 0. The fourth-order valence-electron chi connectivity index (χ4n) is 1.03. The maximum absolute atomic E-state index is 5.99. The Morgan fingerprint density at radius 1 is 1.36 bits per heavy atom. The third-order valence-corrected chi connectivity index (χ3v) is 2.59. The highest BCUT2D eigenvalue weighted by molar-refractivity contribution is 14.1. The smallest absolute Gasteiger partial charge is 0.110 e. The Morgan fingerprint density at radius 2 is 1.91 bits per heavy atom. The van der Waals surface area contributed by atoms with E-state index in [9.17, 15) is 0 Å². The maximum atomic E-state index is 5.99. The van der Waals surface area contributed by atoms with Gasteiger partial charge in [0.15, 0.2) is 0 Å². The van der Waals surface area contributed by atoms with E-state index >= 15 is 0 Å². The molecule has 0 aliphatic rings. The molecule has 0 atom stereocenters. The van der Waals surface area contributed by atoms with Crippen LogP contribution in [0.1, 0.15) is 20.8 Å². The van der Waals surface area contributed by atoms with E-state index in [4.69, 9.17) is 11.6 Å². The second-order valence-corrected chi connectivity index (χ2v) is 4.98. The van der Waals surface area contributed by atoms with Gasteiger partial charge in [-0.2, -0.15) is 0 Å². The van der Waals surface area contributed by atoms with Gasteiger partial charge in [-0.3, -0.25) is 0 Å². The van der Waals surface area contributed by atoms with Gasteiger partial charge in [0.25, 0.3) is 0 Å². The number of aromatic nitrogens is 1. The van der Waals surface area contributed by atoms with Crippen molar-refractivity contribution in [2.75, 3.05) is 0 Å². The highest BCUT2D eigenvalue weighted by Gasteiger charge is 2.17. The molecular weight excluding hydrogens is 272 g/mol. The zero-order valence-corrected chi connectivity index (χ0v) is 9.77. The van der Waals surface area contributed by atoms with Crippen molar-refractivity contribution in [3.05, 3.63) is 21.0 Å². The highest BCUT2D eigenvalue weighted by atomic mass is 127. The van der Waals surface area contributed by atoms with Crippen molar-refractivity contribution in [3.8, 4) is 0 Å². The van der Waals surface area contributed by atoms with Gasteiger partial charge in [0, 0.05) is 5.54 Å². The van der Waals surface area contributed by atoms with Crippen LogP contribution in [0.15, 0.2) is 12.1 Å². The number of rotatable bonds is 0. The first-order valence-corrected chi connectivity index (χ1v) is 4.92. The Hall–Kier alpha value is 0.300. The van der Waals surface area contributed by atoms with Crippen LogP contribution in [0.2, 0.25) is 5.15 Å². The molecule has 0 bridgehead atoms. The third kappa shape index (κ3) is 1.90. The highest BCUT2D eigenvalue weighted by Crippen LogP contribution is 2.25. The van der Waals surface area contributed by atoms with E-state index in [1.165, 1.54) is 3.70 Å². The van der Waals surface area contributed by atoms with Crippen molar-refractivity contribution in [2.24, 2.45) is 0 Å². The average molecular weight is 284 g/mol. The quantitative estimate of drug-likeness (QED) is 0.642. The molecule has 0 aromatic carbocycles. The fraction of sp³-hybridized carbons (Fsp3) is 0.500. The van der Waals surface area contributed by atoms with E-state index in [0.29, 0.717) is 0 Å². The van der Waals surface area contributed by atoms with Crippen molar-refractivity contribution in [3.63, 3.8) is 0 Å². The Kier molecular flexibility index (Phi) is 2.54. The summed E-state index contributed by atoms with van der Waals surface area (Å²) in [5.41, 5.74) is 0.0805. The molecule has 0 spiro atoms. The molecule has 1 aromatic heterocycles. The number of hydrogen-bond acceptors (Lipinski definition) is 0. The predicted molar refractivity (Wildman–Crippen MR) is 57.2 cm³/mol. The Morgan fingerprint density at radius 3 is 2.09 bits per heavy atom. The van der Waals surface area contributed by atoms with Crippen LogP contribution in [-0.4, -0.2) is 4.57 Å². The number of halogens is 2. The van der Waals surface area contributed by atoms with Crippen LogP contribution in [0.25, 0.3) is 0 Å². The van der Waals surface area contributed by atoms with Crippen LogP contribution >= 0.6 is 34.2 Å². The van der Waals surface area contributed by atoms with Crippen LogP contribution in [0, 0.1) is 3.70 Å². The van der Waals surface area contributed by atoms with Gasteiger partial charge in [0.1, 0.15) is 5.15 Å². The molecule has 0 saturated heterocycles. The molecule has 1 heterocycles. The van der Waals surface area contributed by atoms with Crippen molar-refractivity contribution < 1.29 is 0 Å². The zero-order valence-electron chi connectivity index (χ0n) is 6.86. The van der Waals surface area contributed by atoms with Gasteiger partial charge in [-0.15, -0.1) is 0 Å². The van der Waals surface area contributed by atoms with Gasteiger partial charge in [-0.1, -0.05) is 11.6 Å². The first-order valence-electron chi connectivity index (χ1n) is 3.46.